The highest BCUT2D eigenvalue weighted by molar-refractivity contribution is 5.83. The van der Waals surface area contributed by atoms with Gasteiger partial charge in [-0.05, 0) is 13.3 Å². The molecule has 0 aliphatic rings. The Balaban J connectivity index is 3.85. The lowest BCUT2D eigenvalue weighted by atomic mass is 10.2. The van der Waals surface area contributed by atoms with Crippen molar-refractivity contribution in [3.63, 3.8) is 0 Å². The Kier molecular flexibility index (Phi) is 5.28. The molecule has 70 valence electrons. The van der Waals surface area contributed by atoms with Crippen molar-refractivity contribution in [3.05, 3.63) is 0 Å². The lowest BCUT2D eigenvalue weighted by Crippen LogP contribution is -2.26. The molecule has 0 N–H and O–H groups in total. The van der Waals surface area contributed by atoms with Crippen LogP contribution in [0.3, 0.4) is 0 Å². The second-order valence-electron chi connectivity index (χ2n) is 2.43. The molecule has 0 aliphatic heterocycles. The van der Waals surface area contributed by atoms with E-state index >= 15 is 0 Å². The first kappa shape index (κ1) is 11.1. The molecule has 0 fully saturated rings. The Morgan fingerprint density at radius 1 is 1.42 bits per heavy atom. The Labute approximate surface area is 71.8 Å². The summed E-state index contributed by atoms with van der Waals surface area (Å²) in [6.45, 7) is 3.07. The second kappa shape index (κ2) is 5.71. The minimum atomic E-state index is -0.618. The molecule has 0 saturated carbocycles. The monoisotopic (exact) mass is 174 g/mol. The van der Waals surface area contributed by atoms with Gasteiger partial charge in [0.2, 0.25) is 0 Å². The van der Waals surface area contributed by atoms with Crippen molar-refractivity contribution in [1.82, 2.24) is 0 Å². The van der Waals surface area contributed by atoms with Crippen LogP contribution in [0.2, 0.25) is 0 Å². The Morgan fingerprint density at radius 3 is 2.33 bits per heavy atom. The van der Waals surface area contributed by atoms with Gasteiger partial charge >= 0.3 is 5.97 Å². The van der Waals surface area contributed by atoms with E-state index in [0.717, 1.165) is 0 Å². The van der Waals surface area contributed by atoms with Crippen molar-refractivity contribution in [3.8, 4) is 0 Å². The number of carbonyl (C=O) groups is 2. The summed E-state index contributed by atoms with van der Waals surface area (Å²) < 4.78 is 9.33. The van der Waals surface area contributed by atoms with E-state index in [1.54, 1.807) is 6.92 Å². The van der Waals surface area contributed by atoms with Gasteiger partial charge in [-0.25, -0.2) is 4.79 Å². The number of carbonyl (C=O) groups excluding carboxylic acids is 2. The van der Waals surface area contributed by atoms with Crippen LogP contribution < -0.4 is 0 Å². The lowest BCUT2D eigenvalue weighted by Gasteiger charge is -2.11. The lowest BCUT2D eigenvalue weighted by molar-refractivity contribution is -0.158. The van der Waals surface area contributed by atoms with Crippen LogP contribution in [-0.4, -0.2) is 31.6 Å². The van der Waals surface area contributed by atoms with Crippen molar-refractivity contribution < 1.29 is 19.1 Å². The van der Waals surface area contributed by atoms with Gasteiger partial charge < -0.3 is 9.47 Å². The largest absolute Gasteiger partial charge is 0.453 e. The quantitative estimate of drug-likeness (QED) is 0.571. The van der Waals surface area contributed by atoms with E-state index < -0.39 is 12.1 Å². The van der Waals surface area contributed by atoms with Gasteiger partial charge in [-0.2, -0.15) is 0 Å². The fourth-order valence-corrected chi connectivity index (χ4v) is 0.764. The molecule has 1 unspecified atom stereocenters. The smallest absolute Gasteiger partial charge is 0.332 e. The van der Waals surface area contributed by atoms with Crippen LogP contribution in [0.5, 0.6) is 0 Å². The number of ether oxygens (including phenoxy) is 2. The molecule has 0 aromatic carbocycles. The average Bonchev–Trinajstić information content (AvgIpc) is 2.00. The molecule has 0 saturated heterocycles. The highest BCUT2D eigenvalue weighted by atomic mass is 16.6. The van der Waals surface area contributed by atoms with E-state index in [-0.39, 0.29) is 12.4 Å². The molecule has 0 aromatic rings. The number of rotatable bonds is 5. The fourth-order valence-electron chi connectivity index (χ4n) is 0.764. The van der Waals surface area contributed by atoms with Crippen LogP contribution in [0, 0.1) is 0 Å². The third-order valence-electron chi connectivity index (χ3n) is 1.36. The minimum Gasteiger partial charge on any atom is -0.453 e. The summed E-state index contributed by atoms with van der Waals surface area (Å²) in [5.41, 5.74) is 0. The van der Waals surface area contributed by atoms with Gasteiger partial charge in [0.25, 0.3) is 0 Å². The van der Waals surface area contributed by atoms with E-state index in [2.05, 4.69) is 4.74 Å². The van der Waals surface area contributed by atoms with Crippen LogP contribution in [0.25, 0.3) is 0 Å². The number of esters is 1. The van der Waals surface area contributed by atoms with Crippen LogP contribution >= 0.6 is 0 Å². The molecule has 1 atom stereocenters. The maximum absolute atomic E-state index is 10.8. The van der Waals surface area contributed by atoms with E-state index in [0.29, 0.717) is 6.42 Å². The summed E-state index contributed by atoms with van der Waals surface area (Å²) in [7, 11) is 1.40. The Hall–Kier alpha value is -0.900. The molecule has 0 aliphatic carbocycles. The Bertz CT molecular complexity index is 164. The zero-order valence-electron chi connectivity index (χ0n) is 7.62. The maximum Gasteiger partial charge on any atom is 0.332 e. The molecule has 4 heteroatoms. The predicted octanol–water partition coefficient (Wildman–Crippen LogP) is 0.544. The molecule has 4 nitrogen and oxygen atoms in total. The molecule has 0 amide bonds. The number of methoxy groups -OCH3 is 1. The average molecular weight is 174 g/mol. The van der Waals surface area contributed by atoms with Crippen LogP contribution in [0.4, 0.5) is 0 Å². The topological polar surface area (TPSA) is 52.6 Å². The number of hydrogen-bond acceptors (Lipinski definition) is 4. The van der Waals surface area contributed by atoms with Gasteiger partial charge in [-0.15, -0.1) is 0 Å². The summed E-state index contributed by atoms with van der Waals surface area (Å²) in [6, 6.07) is 0. The highest BCUT2D eigenvalue weighted by Crippen LogP contribution is 1.99. The fraction of sp³-hybridized carbons (Fsp3) is 0.750. The summed E-state index contributed by atoms with van der Waals surface area (Å²) in [6.07, 6.45) is -0.113. The van der Waals surface area contributed by atoms with Crippen LogP contribution in [0.15, 0.2) is 0 Å². The van der Waals surface area contributed by atoms with Gasteiger partial charge in [0, 0.05) is 7.11 Å². The van der Waals surface area contributed by atoms with E-state index in [1.807, 2.05) is 0 Å². The SMILES string of the molecule is CCC(OC(=O)COC)C(C)=O. The van der Waals surface area contributed by atoms with Crippen LogP contribution in [0.1, 0.15) is 20.3 Å². The third-order valence-corrected chi connectivity index (χ3v) is 1.36. The first-order valence-electron chi connectivity index (χ1n) is 3.80. The van der Waals surface area contributed by atoms with Crippen molar-refractivity contribution in [2.75, 3.05) is 13.7 Å². The molecule has 12 heavy (non-hydrogen) atoms. The molecule has 0 spiro atoms. The first-order chi connectivity index (χ1) is 5.61. The van der Waals surface area contributed by atoms with E-state index in [4.69, 9.17) is 4.74 Å². The van der Waals surface area contributed by atoms with Crippen molar-refractivity contribution >= 4 is 11.8 Å². The second-order valence-corrected chi connectivity index (χ2v) is 2.43. The summed E-state index contributed by atoms with van der Waals surface area (Å²) in [5.74, 6) is -0.637. The standard InChI is InChI=1S/C8H14O4/c1-4-7(6(2)9)12-8(10)5-11-3/h7H,4-5H2,1-3H3. The van der Waals surface area contributed by atoms with Crippen molar-refractivity contribution in [2.24, 2.45) is 0 Å². The zero-order valence-corrected chi connectivity index (χ0v) is 7.62. The highest BCUT2D eigenvalue weighted by Gasteiger charge is 2.16. The van der Waals surface area contributed by atoms with Gasteiger partial charge in [0.15, 0.2) is 11.9 Å². The summed E-state index contributed by atoms with van der Waals surface area (Å²) >= 11 is 0. The molecule has 0 aromatic heterocycles. The van der Waals surface area contributed by atoms with Crippen molar-refractivity contribution in [1.29, 1.82) is 0 Å². The molecule has 0 radical (unpaired) electrons. The first-order valence-corrected chi connectivity index (χ1v) is 3.80. The zero-order chi connectivity index (χ0) is 9.56. The molecule has 0 heterocycles. The molecular formula is C8H14O4. The predicted molar refractivity (Wildman–Crippen MR) is 42.7 cm³/mol. The van der Waals surface area contributed by atoms with Crippen LogP contribution in [-0.2, 0) is 19.1 Å². The van der Waals surface area contributed by atoms with Gasteiger partial charge in [-0.1, -0.05) is 6.92 Å². The number of hydrogen-bond donors (Lipinski definition) is 0. The van der Waals surface area contributed by atoms with E-state index in [1.165, 1.54) is 14.0 Å². The molecule has 0 rings (SSSR count). The van der Waals surface area contributed by atoms with Gasteiger partial charge in [-0.3, -0.25) is 4.79 Å². The summed E-state index contributed by atoms with van der Waals surface area (Å²) in [4.78, 5) is 21.6. The molecule has 0 bridgehead atoms. The minimum absolute atomic E-state index is 0.107. The molecular weight excluding hydrogens is 160 g/mol. The number of ketones is 1. The number of Topliss-reactive ketones (excluding diaryl/α,β-unsaturated/α-hetero) is 1. The van der Waals surface area contributed by atoms with Crippen molar-refractivity contribution in [2.45, 2.75) is 26.4 Å². The summed E-state index contributed by atoms with van der Waals surface area (Å²) in [5, 5.41) is 0. The van der Waals surface area contributed by atoms with E-state index in [9.17, 15) is 9.59 Å². The normalized spacial score (nSPS) is 12.2. The van der Waals surface area contributed by atoms with Gasteiger partial charge in [0.05, 0.1) is 0 Å². The maximum atomic E-state index is 10.8. The van der Waals surface area contributed by atoms with Gasteiger partial charge in [0.1, 0.15) is 6.61 Å². The third kappa shape index (κ3) is 4.08. The Morgan fingerprint density at radius 2 is 2.00 bits per heavy atom.